The zero-order valence-electron chi connectivity index (χ0n) is 20.4. The number of allylic oxidation sites excluding steroid dienone is 4. The average Bonchev–Trinajstić information content (AvgIpc) is 3.77. The van der Waals surface area contributed by atoms with Crippen LogP contribution in [-0.2, 0) is 9.59 Å². The van der Waals surface area contributed by atoms with E-state index in [2.05, 4.69) is 18.3 Å². The molecule has 7 nitrogen and oxygen atoms in total. The number of nitrogens with zero attached hydrogens (tertiary/aromatic N) is 2. The van der Waals surface area contributed by atoms with Gasteiger partial charge in [-0.2, -0.15) is 0 Å². The molecule has 0 atom stereocenters. The van der Waals surface area contributed by atoms with Crippen LogP contribution < -0.4 is 5.32 Å². The van der Waals surface area contributed by atoms with Gasteiger partial charge < -0.3 is 20.2 Å². The quantitative estimate of drug-likeness (QED) is 0.606. The Bertz CT molecular complexity index is 1020. The first-order chi connectivity index (χ1) is 16.1. The van der Waals surface area contributed by atoms with Gasteiger partial charge in [0.25, 0.3) is 11.8 Å². The van der Waals surface area contributed by atoms with Crippen LogP contribution in [0.15, 0.2) is 42.1 Å². The number of carbonyl (C=O) groups is 3. The predicted octanol–water partition coefficient (Wildman–Crippen LogP) is 3.11. The Balaban J connectivity index is 1.37. The fourth-order valence-corrected chi connectivity index (χ4v) is 4.22. The van der Waals surface area contributed by atoms with Crippen molar-refractivity contribution in [2.45, 2.75) is 58.5 Å². The van der Waals surface area contributed by atoms with Gasteiger partial charge in [-0.15, -0.1) is 0 Å². The standard InChI is InChI=1S/C27H35N3O4/c1-4-5-22(18-19(2)28-24(32)26(3)10-11-26)20-6-8-21(9-7-20)23(31)29-14-16-30(17-15-29)25(33)27(34)12-13-27/h5-9,18,34H,4,10-17H2,1-3H3,(H,28,32)/b19-18+,22-5+. The summed E-state index contributed by atoms with van der Waals surface area (Å²) in [4.78, 5) is 41.1. The van der Waals surface area contributed by atoms with Crippen molar-refractivity contribution in [3.8, 4) is 0 Å². The van der Waals surface area contributed by atoms with Crippen LogP contribution in [0.2, 0.25) is 0 Å². The van der Waals surface area contributed by atoms with E-state index in [1.807, 2.05) is 44.2 Å². The van der Waals surface area contributed by atoms with Crippen molar-refractivity contribution in [1.29, 1.82) is 0 Å². The first-order valence-corrected chi connectivity index (χ1v) is 12.3. The second kappa shape index (κ2) is 9.37. The van der Waals surface area contributed by atoms with Crippen molar-refractivity contribution >= 4 is 23.3 Å². The number of hydrogen-bond donors (Lipinski definition) is 2. The largest absolute Gasteiger partial charge is 0.380 e. The van der Waals surface area contributed by atoms with Gasteiger partial charge in [0.05, 0.1) is 0 Å². The third kappa shape index (κ3) is 5.25. The Morgan fingerprint density at radius 2 is 1.53 bits per heavy atom. The van der Waals surface area contributed by atoms with Crippen molar-refractivity contribution < 1.29 is 19.5 Å². The molecule has 1 aromatic carbocycles. The van der Waals surface area contributed by atoms with E-state index >= 15 is 0 Å². The summed E-state index contributed by atoms with van der Waals surface area (Å²) >= 11 is 0. The third-order valence-corrected chi connectivity index (χ3v) is 7.10. The smallest absolute Gasteiger partial charge is 0.254 e. The fourth-order valence-electron chi connectivity index (χ4n) is 4.22. The molecule has 182 valence electrons. The van der Waals surface area contributed by atoms with Crippen LogP contribution in [0.5, 0.6) is 0 Å². The van der Waals surface area contributed by atoms with Crippen LogP contribution in [0.1, 0.15) is 68.8 Å². The number of aliphatic hydroxyl groups is 1. The molecule has 3 aliphatic rings. The first-order valence-electron chi connectivity index (χ1n) is 12.3. The summed E-state index contributed by atoms with van der Waals surface area (Å²) in [7, 11) is 0. The number of rotatable bonds is 7. The molecule has 2 saturated carbocycles. The van der Waals surface area contributed by atoms with Crippen molar-refractivity contribution in [1.82, 2.24) is 15.1 Å². The molecule has 1 saturated heterocycles. The molecule has 3 fully saturated rings. The van der Waals surface area contributed by atoms with E-state index in [0.29, 0.717) is 44.6 Å². The zero-order chi connectivity index (χ0) is 24.5. The molecule has 2 N–H and O–H groups in total. The summed E-state index contributed by atoms with van der Waals surface area (Å²) in [5.41, 5.74) is 2.03. The molecule has 1 aromatic rings. The van der Waals surface area contributed by atoms with Crippen molar-refractivity contribution in [3.63, 3.8) is 0 Å². The summed E-state index contributed by atoms with van der Waals surface area (Å²) in [5, 5.41) is 13.1. The summed E-state index contributed by atoms with van der Waals surface area (Å²) < 4.78 is 0. The molecule has 0 bridgehead atoms. The Morgan fingerprint density at radius 1 is 0.971 bits per heavy atom. The Hall–Kier alpha value is -2.93. The van der Waals surface area contributed by atoms with Crippen LogP contribution in [0.25, 0.3) is 5.57 Å². The molecule has 34 heavy (non-hydrogen) atoms. The van der Waals surface area contributed by atoms with E-state index in [9.17, 15) is 19.5 Å². The maximum atomic E-state index is 13.0. The number of piperazine rings is 1. The van der Waals surface area contributed by atoms with E-state index in [-0.39, 0.29) is 23.1 Å². The molecule has 3 amide bonds. The van der Waals surface area contributed by atoms with E-state index < -0.39 is 5.60 Å². The molecular formula is C27H35N3O4. The second-order valence-electron chi connectivity index (χ2n) is 10.1. The van der Waals surface area contributed by atoms with E-state index in [1.54, 1.807) is 9.80 Å². The molecule has 0 unspecified atom stereocenters. The lowest BCUT2D eigenvalue weighted by molar-refractivity contribution is -0.143. The minimum absolute atomic E-state index is 0.0542. The second-order valence-corrected chi connectivity index (χ2v) is 10.1. The van der Waals surface area contributed by atoms with Crippen LogP contribution in [0, 0.1) is 5.41 Å². The number of benzene rings is 1. The molecule has 0 radical (unpaired) electrons. The van der Waals surface area contributed by atoms with Gasteiger partial charge in [0.15, 0.2) is 0 Å². The van der Waals surface area contributed by atoms with Gasteiger partial charge in [-0.25, -0.2) is 0 Å². The van der Waals surface area contributed by atoms with Crippen molar-refractivity contribution in [2.75, 3.05) is 26.2 Å². The van der Waals surface area contributed by atoms with Crippen LogP contribution in [-0.4, -0.2) is 64.4 Å². The number of amides is 3. The zero-order valence-corrected chi connectivity index (χ0v) is 20.4. The lowest BCUT2D eigenvalue weighted by Crippen LogP contribution is -2.53. The van der Waals surface area contributed by atoms with Crippen molar-refractivity contribution in [2.24, 2.45) is 5.41 Å². The maximum absolute atomic E-state index is 13.0. The third-order valence-electron chi connectivity index (χ3n) is 7.10. The van der Waals surface area contributed by atoms with E-state index in [1.165, 1.54) is 0 Å². The highest BCUT2D eigenvalue weighted by atomic mass is 16.3. The lowest BCUT2D eigenvalue weighted by atomic mass is 10.0. The normalized spacial score (nSPS) is 21.2. The molecule has 2 aliphatic carbocycles. The number of hydrogen-bond acceptors (Lipinski definition) is 4. The van der Waals surface area contributed by atoms with Crippen LogP contribution >= 0.6 is 0 Å². The molecule has 1 aliphatic heterocycles. The van der Waals surface area contributed by atoms with Gasteiger partial charge in [-0.05, 0) is 68.4 Å². The van der Waals surface area contributed by atoms with Gasteiger partial charge in [0.1, 0.15) is 5.60 Å². The Labute approximate surface area is 201 Å². The molecule has 7 heteroatoms. The molecule has 0 aromatic heterocycles. The molecule has 0 spiro atoms. The molecular weight excluding hydrogens is 430 g/mol. The Kier molecular flexibility index (Phi) is 6.67. The van der Waals surface area contributed by atoms with Crippen LogP contribution in [0.3, 0.4) is 0 Å². The fraction of sp³-hybridized carbons (Fsp3) is 0.519. The number of carbonyl (C=O) groups excluding carboxylic acids is 3. The minimum atomic E-state index is -1.16. The summed E-state index contributed by atoms with van der Waals surface area (Å²) in [6, 6.07) is 7.53. The van der Waals surface area contributed by atoms with Gasteiger partial charge in [-0.1, -0.05) is 32.1 Å². The monoisotopic (exact) mass is 465 g/mol. The predicted molar refractivity (Wildman–Crippen MR) is 131 cm³/mol. The van der Waals surface area contributed by atoms with E-state index in [4.69, 9.17) is 0 Å². The van der Waals surface area contributed by atoms with Crippen molar-refractivity contribution in [3.05, 3.63) is 53.2 Å². The van der Waals surface area contributed by atoms with Gasteiger partial charge >= 0.3 is 0 Å². The van der Waals surface area contributed by atoms with Gasteiger partial charge in [0, 0.05) is 42.9 Å². The first kappa shape index (κ1) is 24.2. The lowest BCUT2D eigenvalue weighted by Gasteiger charge is -2.35. The highest BCUT2D eigenvalue weighted by molar-refractivity contribution is 5.95. The maximum Gasteiger partial charge on any atom is 0.254 e. The SMILES string of the molecule is CC/C=C(\C=C(/C)NC(=O)C1(C)CC1)c1ccc(C(=O)N2CCN(C(=O)C3(O)CC3)CC2)cc1. The Morgan fingerprint density at radius 3 is 2.06 bits per heavy atom. The molecule has 4 rings (SSSR count). The van der Waals surface area contributed by atoms with Crippen LogP contribution in [0.4, 0.5) is 0 Å². The van der Waals surface area contributed by atoms with E-state index in [0.717, 1.165) is 36.1 Å². The average molecular weight is 466 g/mol. The summed E-state index contributed by atoms with van der Waals surface area (Å²) in [5.74, 6) is -0.183. The topological polar surface area (TPSA) is 90.0 Å². The number of nitrogens with one attached hydrogen (secondary N) is 1. The van der Waals surface area contributed by atoms with Gasteiger partial charge in [-0.3, -0.25) is 14.4 Å². The van der Waals surface area contributed by atoms with Gasteiger partial charge in [0.2, 0.25) is 5.91 Å². The summed E-state index contributed by atoms with van der Waals surface area (Å²) in [6.07, 6.45) is 7.88. The molecule has 1 heterocycles. The minimum Gasteiger partial charge on any atom is -0.380 e. The highest BCUT2D eigenvalue weighted by Crippen LogP contribution is 2.45. The summed E-state index contributed by atoms with van der Waals surface area (Å²) in [6.45, 7) is 7.77. The highest BCUT2D eigenvalue weighted by Gasteiger charge is 2.50.